The number of pyridine rings is 1. The van der Waals surface area contributed by atoms with Crippen molar-refractivity contribution in [3.05, 3.63) is 58.6 Å². The number of halogens is 1. The van der Waals surface area contributed by atoms with Crippen LogP contribution in [0.4, 0.5) is 0 Å². The first-order valence-electron chi connectivity index (χ1n) is 6.99. The topological polar surface area (TPSA) is 59.4 Å². The number of nitrogens with zero attached hydrogens (tertiary/aromatic N) is 1. The molecule has 1 heterocycles. The van der Waals surface area contributed by atoms with Gasteiger partial charge in [0.2, 0.25) is 0 Å². The summed E-state index contributed by atoms with van der Waals surface area (Å²) in [6.45, 7) is 1.83. The van der Waals surface area contributed by atoms with Crippen molar-refractivity contribution >= 4 is 28.5 Å². The van der Waals surface area contributed by atoms with Crippen LogP contribution >= 0.6 is 11.6 Å². The van der Waals surface area contributed by atoms with E-state index < -0.39 is 5.97 Å². The summed E-state index contributed by atoms with van der Waals surface area (Å²) in [5, 5.41) is 10.7. The van der Waals surface area contributed by atoms with E-state index in [4.69, 9.17) is 16.3 Å². The van der Waals surface area contributed by atoms with Crippen LogP contribution in [0.25, 0.3) is 22.2 Å². The molecule has 23 heavy (non-hydrogen) atoms. The third kappa shape index (κ3) is 2.62. The normalized spacial score (nSPS) is 10.7. The quantitative estimate of drug-likeness (QED) is 0.765. The van der Waals surface area contributed by atoms with Gasteiger partial charge in [0, 0.05) is 16.0 Å². The lowest BCUT2D eigenvalue weighted by molar-refractivity contribution is 0.0699. The summed E-state index contributed by atoms with van der Waals surface area (Å²) < 4.78 is 5.35. The highest BCUT2D eigenvalue weighted by molar-refractivity contribution is 6.32. The number of aryl methyl sites for hydroxylation is 1. The highest BCUT2D eigenvalue weighted by Gasteiger charge is 2.17. The van der Waals surface area contributed by atoms with Gasteiger partial charge in [0.25, 0.3) is 0 Å². The molecule has 0 saturated carbocycles. The number of carboxylic acids is 1. The fourth-order valence-electron chi connectivity index (χ4n) is 2.58. The number of rotatable bonds is 3. The molecule has 4 nitrogen and oxygen atoms in total. The van der Waals surface area contributed by atoms with E-state index in [2.05, 4.69) is 4.98 Å². The Hall–Kier alpha value is -2.59. The first kappa shape index (κ1) is 15.3. The Bertz CT molecular complexity index is 922. The van der Waals surface area contributed by atoms with E-state index in [0.717, 1.165) is 11.1 Å². The summed E-state index contributed by atoms with van der Waals surface area (Å²) in [4.78, 5) is 16.3. The van der Waals surface area contributed by atoms with Gasteiger partial charge in [-0.25, -0.2) is 9.78 Å². The second-order valence-corrected chi connectivity index (χ2v) is 5.54. The first-order valence-corrected chi connectivity index (χ1v) is 7.37. The number of aromatic carboxylic acids is 1. The monoisotopic (exact) mass is 327 g/mol. The number of hydrogen-bond acceptors (Lipinski definition) is 3. The molecule has 2 aromatic carbocycles. The standard InChI is InChI=1S/C18H14ClNO3/c1-10-14(19)8-7-11-13(18(21)22)9-15(20-17(10)11)12-5-3-4-6-16(12)23-2/h3-9H,1-2H3,(H,21,22). The molecular formula is C18H14ClNO3. The van der Waals surface area contributed by atoms with Crippen molar-refractivity contribution in [2.45, 2.75) is 6.92 Å². The minimum absolute atomic E-state index is 0.190. The van der Waals surface area contributed by atoms with Gasteiger partial charge >= 0.3 is 5.97 Å². The molecule has 1 N–H and O–H groups in total. The Morgan fingerprint density at radius 2 is 1.96 bits per heavy atom. The lowest BCUT2D eigenvalue weighted by Crippen LogP contribution is -2.02. The van der Waals surface area contributed by atoms with Gasteiger partial charge in [-0.2, -0.15) is 0 Å². The van der Waals surface area contributed by atoms with Crippen molar-refractivity contribution in [3.8, 4) is 17.0 Å². The van der Waals surface area contributed by atoms with E-state index in [-0.39, 0.29) is 5.56 Å². The van der Waals surface area contributed by atoms with Gasteiger partial charge in [-0.05, 0) is 36.8 Å². The van der Waals surface area contributed by atoms with Gasteiger partial charge in [0.15, 0.2) is 0 Å². The van der Waals surface area contributed by atoms with Crippen LogP contribution in [-0.2, 0) is 0 Å². The number of para-hydroxylation sites is 1. The average Bonchev–Trinajstić information content (AvgIpc) is 2.57. The number of aromatic nitrogens is 1. The Morgan fingerprint density at radius 3 is 2.65 bits per heavy atom. The van der Waals surface area contributed by atoms with Crippen LogP contribution in [0.1, 0.15) is 15.9 Å². The Labute approximate surface area is 138 Å². The molecule has 0 aliphatic rings. The molecule has 5 heteroatoms. The molecule has 0 aliphatic carbocycles. The lowest BCUT2D eigenvalue weighted by atomic mass is 10.0. The predicted molar refractivity (Wildman–Crippen MR) is 90.4 cm³/mol. The number of carbonyl (C=O) groups is 1. The number of benzene rings is 2. The molecule has 0 atom stereocenters. The van der Waals surface area contributed by atoms with Gasteiger partial charge < -0.3 is 9.84 Å². The van der Waals surface area contributed by atoms with Crippen LogP contribution in [0.5, 0.6) is 5.75 Å². The van der Waals surface area contributed by atoms with Crippen LogP contribution in [0.2, 0.25) is 5.02 Å². The molecule has 0 unspecified atom stereocenters. The maximum Gasteiger partial charge on any atom is 0.336 e. The highest BCUT2D eigenvalue weighted by Crippen LogP contribution is 2.33. The molecule has 1 aromatic heterocycles. The largest absolute Gasteiger partial charge is 0.496 e. The van der Waals surface area contributed by atoms with Crippen molar-refractivity contribution in [1.29, 1.82) is 0 Å². The van der Waals surface area contributed by atoms with E-state index in [1.54, 1.807) is 25.3 Å². The Morgan fingerprint density at radius 1 is 1.22 bits per heavy atom. The molecule has 0 fully saturated rings. The summed E-state index contributed by atoms with van der Waals surface area (Å²) in [5.41, 5.74) is 2.80. The summed E-state index contributed by atoms with van der Waals surface area (Å²) in [7, 11) is 1.57. The van der Waals surface area contributed by atoms with Crippen molar-refractivity contribution in [2.75, 3.05) is 7.11 Å². The lowest BCUT2D eigenvalue weighted by Gasteiger charge is -2.12. The van der Waals surface area contributed by atoms with Gasteiger partial charge in [0.05, 0.1) is 23.9 Å². The van der Waals surface area contributed by atoms with Crippen LogP contribution in [0, 0.1) is 6.92 Å². The second-order valence-electron chi connectivity index (χ2n) is 5.13. The predicted octanol–water partition coefficient (Wildman–Crippen LogP) is 4.57. The second kappa shape index (κ2) is 5.89. The number of methoxy groups -OCH3 is 1. The van der Waals surface area contributed by atoms with Crippen LogP contribution < -0.4 is 4.74 Å². The van der Waals surface area contributed by atoms with Crippen molar-refractivity contribution in [3.63, 3.8) is 0 Å². The molecular weight excluding hydrogens is 314 g/mol. The Kier molecular flexibility index (Phi) is 3.92. The van der Waals surface area contributed by atoms with Gasteiger partial charge in [-0.3, -0.25) is 0 Å². The fraction of sp³-hybridized carbons (Fsp3) is 0.111. The third-order valence-corrected chi connectivity index (χ3v) is 4.19. The zero-order valence-corrected chi connectivity index (χ0v) is 13.4. The van der Waals surface area contributed by atoms with Crippen molar-refractivity contribution in [1.82, 2.24) is 4.98 Å². The van der Waals surface area contributed by atoms with E-state index >= 15 is 0 Å². The SMILES string of the molecule is COc1ccccc1-c1cc(C(=O)O)c2ccc(Cl)c(C)c2n1. The number of hydrogen-bond donors (Lipinski definition) is 1. The summed E-state index contributed by atoms with van der Waals surface area (Å²) in [6.07, 6.45) is 0. The molecule has 0 saturated heterocycles. The van der Waals surface area contributed by atoms with Crippen LogP contribution in [-0.4, -0.2) is 23.2 Å². The van der Waals surface area contributed by atoms with E-state index in [1.807, 2.05) is 31.2 Å². The van der Waals surface area contributed by atoms with E-state index in [1.165, 1.54) is 0 Å². The van der Waals surface area contributed by atoms with Crippen LogP contribution in [0.3, 0.4) is 0 Å². The van der Waals surface area contributed by atoms with Crippen LogP contribution in [0.15, 0.2) is 42.5 Å². The zero-order chi connectivity index (χ0) is 16.6. The smallest absolute Gasteiger partial charge is 0.336 e. The van der Waals surface area contributed by atoms with Gasteiger partial charge in [0.1, 0.15) is 5.75 Å². The molecule has 0 bridgehead atoms. The molecule has 0 aliphatic heterocycles. The minimum atomic E-state index is -1.00. The molecule has 0 spiro atoms. The fourth-order valence-corrected chi connectivity index (χ4v) is 2.73. The summed E-state index contributed by atoms with van der Waals surface area (Å²) >= 11 is 6.16. The van der Waals surface area contributed by atoms with Crippen molar-refractivity contribution in [2.24, 2.45) is 0 Å². The summed E-state index contributed by atoms with van der Waals surface area (Å²) in [5.74, 6) is -0.370. The van der Waals surface area contributed by atoms with E-state index in [0.29, 0.717) is 27.4 Å². The number of carboxylic acid groups (broad SMARTS) is 1. The van der Waals surface area contributed by atoms with Gasteiger partial charge in [-0.15, -0.1) is 0 Å². The van der Waals surface area contributed by atoms with Crippen molar-refractivity contribution < 1.29 is 14.6 Å². The minimum Gasteiger partial charge on any atom is -0.496 e. The number of ether oxygens (including phenoxy) is 1. The molecule has 0 radical (unpaired) electrons. The molecule has 3 rings (SSSR count). The summed E-state index contributed by atoms with van der Waals surface area (Å²) in [6, 6.07) is 12.3. The van der Waals surface area contributed by atoms with E-state index in [9.17, 15) is 9.90 Å². The molecule has 0 amide bonds. The molecule has 116 valence electrons. The average molecular weight is 328 g/mol. The van der Waals surface area contributed by atoms with Gasteiger partial charge in [-0.1, -0.05) is 29.8 Å². The number of fused-ring (bicyclic) bond motifs is 1. The zero-order valence-electron chi connectivity index (χ0n) is 12.6. The third-order valence-electron chi connectivity index (χ3n) is 3.78. The maximum atomic E-state index is 11.7. The Balaban J connectivity index is 2.39. The molecule has 3 aromatic rings. The highest BCUT2D eigenvalue weighted by atomic mass is 35.5. The maximum absolute atomic E-state index is 11.7. The first-order chi connectivity index (χ1) is 11.0.